The zero-order valence-electron chi connectivity index (χ0n) is 13.0. The van der Waals surface area contributed by atoms with Crippen molar-refractivity contribution in [3.05, 3.63) is 45.4 Å². The summed E-state index contributed by atoms with van der Waals surface area (Å²) < 4.78 is 27.6. The minimum Gasteiger partial charge on any atom is -0.486 e. The summed E-state index contributed by atoms with van der Waals surface area (Å²) in [5.41, 5.74) is 0.631. The van der Waals surface area contributed by atoms with Gasteiger partial charge in [0, 0.05) is 23.2 Å². The lowest BCUT2D eigenvalue weighted by atomic mass is 10.3. The number of amides is 1. The summed E-state index contributed by atoms with van der Waals surface area (Å²) in [6.07, 6.45) is 1.24. The van der Waals surface area contributed by atoms with Crippen molar-refractivity contribution in [3.63, 3.8) is 0 Å². The van der Waals surface area contributed by atoms with Crippen molar-refractivity contribution < 1.29 is 17.9 Å². The molecule has 0 spiro atoms. The van der Waals surface area contributed by atoms with Crippen LogP contribution in [0.5, 0.6) is 5.75 Å². The number of hydrogen-bond donors (Lipinski definition) is 1. The van der Waals surface area contributed by atoms with E-state index in [0.717, 1.165) is 11.3 Å². The van der Waals surface area contributed by atoms with Gasteiger partial charge in [-0.3, -0.25) is 4.79 Å². The van der Waals surface area contributed by atoms with Crippen molar-refractivity contribution in [2.24, 2.45) is 0 Å². The molecule has 1 aromatic heterocycles. The Morgan fingerprint density at radius 1 is 1.33 bits per heavy atom. The molecule has 0 atom stereocenters. The molecule has 0 saturated heterocycles. The second-order valence-corrected chi connectivity index (χ2v) is 8.77. The average molecular weight is 389 g/mol. The molecule has 130 valence electrons. The van der Waals surface area contributed by atoms with Gasteiger partial charge in [-0.2, -0.15) is 0 Å². The largest absolute Gasteiger partial charge is 0.486 e. The molecule has 2 aromatic rings. The van der Waals surface area contributed by atoms with E-state index in [4.69, 9.17) is 16.3 Å². The molecule has 1 amide bonds. The predicted octanol–water partition coefficient (Wildman–Crippen LogP) is 2.08. The monoisotopic (exact) mass is 388 g/mol. The van der Waals surface area contributed by atoms with E-state index in [0.29, 0.717) is 23.1 Å². The van der Waals surface area contributed by atoms with E-state index in [9.17, 15) is 13.2 Å². The lowest BCUT2D eigenvalue weighted by molar-refractivity contribution is -0.120. The Hall–Kier alpha value is -1.64. The summed E-state index contributed by atoms with van der Waals surface area (Å²) in [5, 5.41) is 5.74. The van der Waals surface area contributed by atoms with Crippen LogP contribution in [0.25, 0.3) is 0 Å². The Labute approximate surface area is 149 Å². The minimum absolute atomic E-state index is 0.0734. The van der Waals surface area contributed by atoms with Crippen LogP contribution in [0, 0.1) is 0 Å². The molecule has 1 aromatic carbocycles. The Morgan fingerprint density at radius 2 is 2.04 bits per heavy atom. The van der Waals surface area contributed by atoms with Crippen LogP contribution < -0.4 is 10.1 Å². The van der Waals surface area contributed by atoms with E-state index in [1.165, 1.54) is 11.3 Å². The number of nitrogens with zero attached hydrogens (tertiary/aromatic N) is 1. The van der Waals surface area contributed by atoms with Crippen LogP contribution in [-0.4, -0.2) is 37.9 Å². The Balaban J connectivity index is 1.78. The van der Waals surface area contributed by atoms with Gasteiger partial charge >= 0.3 is 0 Å². The van der Waals surface area contributed by atoms with Gasteiger partial charge in [0.15, 0.2) is 0 Å². The third kappa shape index (κ3) is 6.86. The van der Waals surface area contributed by atoms with Crippen molar-refractivity contribution in [2.75, 3.05) is 18.6 Å². The molecule has 0 aliphatic heterocycles. The maximum Gasteiger partial charge on any atom is 0.226 e. The number of thiazole rings is 1. The highest BCUT2D eigenvalue weighted by atomic mass is 35.5. The molecule has 0 fully saturated rings. The van der Waals surface area contributed by atoms with Crippen molar-refractivity contribution in [3.8, 4) is 5.75 Å². The number of carbonyl (C=O) groups excluding carboxylic acids is 1. The number of nitrogens with one attached hydrogen (secondary N) is 1. The third-order valence-electron chi connectivity index (χ3n) is 2.91. The average Bonchev–Trinajstić information content (AvgIpc) is 2.93. The molecule has 0 aliphatic carbocycles. The molecule has 24 heavy (non-hydrogen) atoms. The van der Waals surface area contributed by atoms with Gasteiger partial charge in [0.2, 0.25) is 5.91 Å². The lowest BCUT2D eigenvalue weighted by Gasteiger charge is -2.04. The Morgan fingerprint density at radius 3 is 2.71 bits per heavy atom. The molecule has 0 unspecified atom stereocenters. The first-order valence-corrected chi connectivity index (χ1v) is 10.4. The molecule has 0 radical (unpaired) electrons. The zero-order valence-corrected chi connectivity index (χ0v) is 15.4. The Bertz CT molecular complexity index is 788. The van der Waals surface area contributed by atoms with Crippen LogP contribution in [-0.2, 0) is 27.7 Å². The summed E-state index contributed by atoms with van der Waals surface area (Å²) >= 11 is 7.21. The first kappa shape index (κ1) is 18.7. The van der Waals surface area contributed by atoms with Crippen LogP contribution in [0.15, 0.2) is 29.6 Å². The van der Waals surface area contributed by atoms with E-state index >= 15 is 0 Å². The molecule has 1 N–H and O–H groups in total. The smallest absolute Gasteiger partial charge is 0.226 e. The summed E-state index contributed by atoms with van der Waals surface area (Å²) in [7, 11) is -3.08. The van der Waals surface area contributed by atoms with E-state index in [-0.39, 0.29) is 24.6 Å². The van der Waals surface area contributed by atoms with Gasteiger partial charge in [-0.05, 0) is 24.3 Å². The predicted molar refractivity (Wildman–Crippen MR) is 94.3 cm³/mol. The van der Waals surface area contributed by atoms with E-state index in [1.807, 2.05) is 0 Å². The van der Waals surface area contributed by atoms with Crippen molar-refractivity contribution >= 4 is 38.7 Å². The van der Waals surface area contributed by atoms with Gasteiger partial charge in [-0.1, -0.05) is 11.6 Å². The van der Waals surface area contributed by atoms with Crippen molar-refractivity contribution in [2.45, 2.75) is 13.0 Å². The molecule has 1 heterocycles. The van der Waals surface area contributed by atoms with Crippen LogP contribution in [0.3, 0.4) is 0 Å². The topological polar surface area (TPSA) is 85.4 Å². The number of hydrogen-bond acceptors (Lipinski definition) is 6. The SMILES string of the molecule is CS(=O)(=O)CCNC(=O)Cc1csc(COc2ccc(Cl)cc2)n1. The number of ether oxygens (including phenoxy) is 1. The summed E-state index contributed by atoms with van der Waals surface area (Å²) in [5.74, 6) is 0.361. The van der Waals surface area contributed by atoms with E-state index in [1.54, 1.807) is 29.6 Å². The number of rotatable bonds is 8. The third-order valence-corrected chi connectivity index (χ3v) is 4.98. The molecule has 0 bridgehead atoms. The molecule has 6 nitrogen and oxygen atoms in total. The number of carbonyl (C=O) groups is 1. The highest BCUT2D eigenvalue weighted by molar-refractivity contribution is 7.90. The highest BCUT2D eigenvalue weighted by Crippen LogP contribution is 2.18. The molecule has 0 saturated carbocycles. The number of sulfone groups is 1. The van der Waals surface area contributed by atoms with Gasteiger partial charge in [0.05, 0.1) is 17.9 Å². The molecule has 9 heteroatoms. The molecular formula is C15H17ClN2O4S2. The summed E-state index contributed by atoms with van der Waals surface area (Å²) in [4.78, 5) is 16.1. The zero-order chi connectivity index (χ0) is 17.6. The second kappa shape index (κ2) is 8.46. The van der Waals surface area contributed by atoms with Crippen molar-refractivity contribution in [1.29, 1.82) is 0 Å². The normalized spacial score (nSPS) is 11.2. The van der Waals surface area contributed by atoms with Crippen LogP contribution in [0.2, 0.25) is 5.02 Å². The van der Waals surface area contributed by atoms with Gasteiger partial charge in [0.25, 0.3) is 0 Å². The fraction of sp³-hybridized carbons (Fsp3) is 0.333. The number of benzene rings is 1. The van der Waals surface area contributed by atoms with Crippen LogP contribution >= 0.6 is 22.9 Å². The van der Waals surface area contributed by atoms with Gasteiger partial charge < -0.3 is 10.1 Å². The van der Waals surface area contributed by atoms with Gasteiger partial charge in [0.1, 0.15) is 27.2 Å². The fourth-order valence-corrected chi connectivity index (χ4v) is 3.08. The van der Waals surface area contributed by atoms with Crippen LogP contribution in [0.4, 0.5) is 0 Å². The molecular weight excluding hydrogens is 372 g/mol. The number of halogens is 1. The van der Waals surface area contributed by atoms with Crippen LogP contribution in [0.1, 0.15) is 10.7 Å². The maximum absolute atomic E-state index is 11.7. The first-order valence-electron chi connectivity index (χ1n) is 7.08. The van der Waals surface area contributed by atoms with Crippen molar-refractivity contribution in [1.82, 2.24) is 10.3 Å². The summed E-state index contributed by atoms with van der Waals surface area (Å²) in [6.45, 7) is 0.413. The van der Waals surface area contributed by atoms with E-state index < -0.39 is 9.84 Å². The highest BCUT2D eigenvalue weighted by Gasteiger charge is 2.09. The lowest BCUT2D eigenvalue weighted by Crippen LogP contribution is -2.30. The maximum atomic E-state index is 11.7. The molecule has 2 rings (SSSR count). The van der Waals surface area contributed by atoms with Gasteiger partial charge in [-0.25, -0.2) is 13.4 Å². The number of aromatic nitrogens is 1. The van der Waals surface area contributed by atoms with Gasteiger partial charge in [-0.15, -0.1) is 11.3 Å². The fourth-order valence-electron chi connectivity index (χ4n) is 1.78. The summed E-state index contributed by atoms with van der Waals surface area (Å²) in [6, 6.07) is 7.02. The quantitative estimate of drug-likeness (QED) is 0.748. The first-order chi connectivity index (χ1) is 11.3. The molecule has 0 aliphatic rings. The second-order valence-electron chi connectivity index (χ2n) is 5.13. The Kier molecular flexibility index (Phi) is 6.59. The standard InChI is InChI=1S/C15H17ClN2O4S2/c1-24(20,21)7-6-17-14(19)8-12-10-23-15(18-12)9-22-13-4-2-11(16)3-5-13/h2-5,10H,6-9H2,1H3,(H,17,19). The van der Waals surface area contributed by atoms with E-state index in [2.05, 4.69) is 10.3 Å². The minimum atomic E-state index is -3.08.